The standard InChI is InChI=1S/C10H8BrFN4O2/c1-4-2-5(11)6(12)3-7(4)14-10(17)8-9(13)16-18-15-8/h2-3H,1H3,(H2,13,16)(H,14,17). The highest BCUT2D eigenvalue weighted by atomic mass is 79.9. The number of benzene rings is 1. The summed E-state index contributed by atoms with van der Waals surface area (Å²) >= 11 is 3.05. The molecule has 0 aliphatic rings. The third-order valence-electron chi connectivity index (χ3n) is 2.24. The molecule has 1 aromatic carbocycles. The number of hydrogen-bond acceptors (Lipinski definition) is 5. The number of aromatic nitrogens is 2. The van der Waals surface area contributed by atoms with Crippen LogP contribution in [0.2, 0.25) is 0 Å². The van der Waals surface area contributed by atoms with Gasteiger partial charge in [0, 0.05) is 5.69 Å². The maximum atomic E-state index is 13.4. The Bertz CT molecular complexity index is 614. The minimum absolute atomic E-state index is 0.122. The lowest BCUT2D eigenvalue weighted by Gasteiger charge is -2.08. The molecule has 1 aromatic heterocycles. The number of nitrogens with one attached hydrogen (secondary N) is 1. The van der Waals surface area contributed by atoms with Gasteiger partial charge >= 0.3 is 0 Å². The zero-order valence-electron chi connectivity index (χ0n) is 9.20. The van der Waals surface area contributed by atoms with E-state index in [1.54, 1.807) is 13.0 Å². The van der Waals surface area contributed by atoms with Crippen LogP contribution in [0.4, 0.5) is 15.9 Å². The molecule has 8 heteroatoms. The van der Waals surface area contributed by atoms with Gasteiger partial charge in [0.25, 0.3) is 5.91 Å². The van der Waals surface area contributed by atoms with Gasteiger partial charge in [-0.3, -0.25) is 4.79 Å². The molecule has 0 unspecified atom stereocenters. The maximum Gasteiger partial charge on any atom is 0.281 e. The van der Waals surface area contributed by atoms with Crippen molar-refractivity contribution in [2.45, 2.75) is 6.92 Å². The van der Waals surface area contributed by atoms with Gasteiger partial charge in [-0.25, -0.2) is 9.02 Å². The molecule has 6 nitrogen and oxygen atoms in total. The van der Waals surface area contributed by atoms with Gasteiger partial charge in [0.2, 0.25) is 11.5 Å². The molecule has 0 bridgehead atoms. The fourth-order valence-corrected chi connectivity index (χ4v) is 1.77. The van der Waals surface area contributed by atoms with Gasteiger partial charge < -0.3 is 11.1 Å². The Morgan fingerprint density at radius 3 is 2.83 bits per heavy atom. The number of rotatable bonds is 2. The average Bonchev–Trinajstić information content (AvgIpc) is 2.72. The first-order valence-corrected chi connectivity index (χ1v) is 5.63. The van der Waals surface area contributed by atoms with Crippen molar-refractivity contribution in [3.05, 3.63) is 33.7 Å². The van der Waals surface area contributed by atoms with Crippen LogP contribution in [0.1, 0.15) is 16.1 Å². The van der Waals surface area contributed by atoms with Crippen molar-refractivity contribution in [2.24, 2.45) is 0 Å². The molecule has 0 radical (unpaired) electrons. The Labute approximate surface area is 109 Å². The van der Waals surface area contributed by atoms with Crippen molar-refractivity contribution in [2.75, 3.05) is 11.1 Å². The lowest BCUT2D eigenvalue weighted by atomic mass is 10.2. The normalized spacial score (nSPS) is 10.4. The molecule has 2 rings (SSSR count). The molecule has 0 aliphatic carbocycles. The van der Waals surface area contributed by atoms with Gasteiger partial charge in [0.05, 0.1) is 4.47 Å². The van der Waals surface area contributed by atoms with E-state index in [0.717, 1.165) is 0 Å². The number of carbonyl (C=O) groups is 1. The number of carbonyl (C=O) groups excluding carboxylic acids is 1. The molecule has 2 aromatic rings. The SMILES string of the molecule is Cc1cc(Br)c(F)cc1NC(=O)c1nonc1N. The van der Waals surface area contributed by atoms with E-state index in [2.05, 4.69) is 36.2 Å². The largest absolute Gasteiger partial charge is 0.379 e. The Morgan fingerprint density at radius 1 is 1.50 bits per heavy atom. The molecule has 94 valence electrons. The first-order valence-electron chi connectivity index (χ1n) is 4.84. The molecule has 0 fully saturated rings. The van der Waals surface area contributed by atoms with Crippen LogP contribution in [0.3, 0.4) is 0 Å². The zero-order valence-corrected chi connectivity index (χ0v) is 10.8. The van der Waals surface area contributed by atoms with Crippen LogP contribution in [0.25, 0.3) is 0 Å². The number of nitrogens with zero attached hydrogens (tertiary/aromatic N) is 2. The van der Waals surface area contributed by atoms with Gasteiger partial charge in [-0.05, 0) is 50.9 Å². The summed E-state index contributed by atoms with van der Waals surface area (Å²) in [6.07, 6.45) is 0. The van der Waals surface area contributed by atoms with E-state index < -0.39 is 11.7 Å². The summed E-state index contributed by atoms with van der Waals surface area (Å²) in [4.78, 5) is 11.8. The van der Waals surface area contributed by atoms with Crippen molar-refractivity contribution < 1.29 is 13.8 Å². The van der Waals surface area contributed by atoms with Crippen LogP contribution in [0.15, 0.2) is 21.2 Å². The molecule has 1 amide bonds. The first kappa shape index (κ1) is 12.5. The molecule has 3 N–H and O–H groups in total. The van der Waals surface area contributed by atoms with Gasteiger partial charge in [0.1, 0.15) is 5.82 Å². The second-order valence-corrected chi connectivity index (χ2v) is 4.39. The summed E-state index contributed by atoms with van der Waals surface area (Å²) < 4.78 is 18.0. The van der Waals surface area contributed by atoms with Crippen LogP contribution in [0.5, 0.6) is 0 Å². The number of nitrogen functional groups attached to an aromatic ring is 1. The van der Waals surface area contributed by atoms with Crippen LogP contribution in [-0.2, 0) is 0 Å². The van der Waals surface area contributed by atoms with Gasteiger partial charge in [-0.15, -0.1) is 0 Å². The van der Waals surface area contributed by atoms with Crippen LogP contribution < -0.4 is 11.1 Å². The lowest BCUT2D eigenvalue weighted by molar-refractivity contribution is 0.101. The average molecular weight is 315 g/mol. The predicted molar refractivity (Wildman–Crippen MR) is 65.5 cm³/mol. The molecular formula is C10H8BrFN4O2. The van der Waals surface area contributed by atoms with Gasteiger partial charge in [0.15, 0.2) is 0 Å². The number of hydrogen-bond donors (Lipinski definition) is 2. The third-order valence-corrected chi connectivity index (χ3v) is 2.85. The molecule has 0 atom stereocenters. The Morgan fingerprint density at radius 2 is 2.22 bits per heavy atom. The highest BCUT2D eigenvalue weighted by molar-refractivity contribution is 9.10. The Kier molecular flexibility index (Phi) is 3.28. The molecular weight excluding hydrogens is 307 g/mol. The van der Waals surface area contributed by atoms with E-state index in [-0.39, 0.29) is 11.5 Å². The smallest absolute Gasteiger partial charge is 0.281 e. The summed E-state index contributed by atoms with van der Waals surface area (Å²) in [5, 5.41) is 9.12. The molecule has 0 saturated heterocycles. The number of anilines is 2. The monoisotopic (exact) mass is 314 g/mol. The topological polar surface area (TPSA) is 94.0 Å². The second kappa shape index (κ2) is 4.73. The maximum absolute atomic E-state index is 13.4. The quantitative estimate of drug-likeness (QED) is 0.885. The fourth-order valence-electron chi connectivity index (χ4n) is 1.32. The summed E-state index contributed by atoms with van der Waals surface area (Å²) in [7, 11) is 0. The minimum Gasteiger partial charge on any atom is -0.379 e. The fraction of sp³-hybridized carbons (Fsp3) is 0.100. The highest BCUT2D eigenvalue weighted by Crippen LogP contribution is 2.24. The molecule has 18 heavy (non-hydrogen) atoms. The van der Waals surface area contributed by atoms with E-state index >= 15 is 0 Å². The number of nitrogens with two attached hydrogens (primary N) is 1. The van der Waals surface area contributed by atoms with Crippen LogP contribution >= 0.6 is 15.9 Å². The number of aryl methyl sites for hydroxylation is 1. The van der Waals surface area contributed by atoms with Crippen molar-refractivity contribution in [1.29, 1.82) is 0 Å². The van der Waals surface area contributed by atoms with Gasteiger partial charge in [-0.2, -0.15) is 0 Å². The summed E-state index contributed by atoms with van der Waals surface area (Å²) in [5.74, 6) is -1.22. The van der Waals surface area contributed by atoms with Crippen molar-refractivity contribution in [3.63, 3.8) is 0 Å². The van der Waals surface area contributed by atoms with E-state index in [1.807, 2.05) is 0 Å². The van der Waals surface area contributed by atoms with Crippen molar-refractivity contribution >= 4 is 33.3 Å². The van der Waals surface area contributed by atoms with Crippen molar-refractivity contribution in [3.8, 4) is 0 Å². The lowest BCUT2D eigenvalue weighted by Crippen LogP contribution is -2.15. The molecule has 0 spiro atoms. The third kappa shape index (κ3) is 2.33. The summed E-state index contributed by atoms with van der Waals surface area (Å²) in [6.45, 7) is 1.73. The Balaban J connectivity index is 2.28. The van der Waals surface area contributed by atoms with E-state index in [0.29, 0.717) is 15.7 Å². The molecule has 0 aliphatic heterocycles. The summed E-state index contributed by atoms with van der Waals surface area (Å²) in [5.41, 5.74) is 6.25. The van der Waals surface area contributed by atoms with Gasteiger partial charge in [-0.1, -0.05) is 0 Å². The first-order chi connectivity index (χ1) is 8.49. The van der Waals surface area contributed by atoms with Crippen LogP contribution in [0, 0.1) is 12.7 Å². The number of amides is 1. The second-order valence-electron chi connectivity index (χ2n) is 3.53. The van der Waals surface area contributed by atoms with E-state index in [9.17, 15) is 9.18 Å². The van der Waals surface area contributed by atoms with E-state index in [4.69, 9.17) is 5.73 Å². The van der Waals surface area contributed by atoms with Crippen molar-refractivity contribution in [1.82, 2.24) is 10.3 Å². The van der Waals surface area contributed by atoms with Crippen LogP contribution in [-0.4, -0.2) is 16.2 Å². The minimum atomic E-state index is -0.612. The van der Waals surface area contributed by atoms with E-state index in [1.165, 1.54) is 6.07 Å². The predicted octanol–water partition coefficient (Wildman–Crippen LogP) is 2.11. The highest BCUT2D eigenvalue weighted by Gasteiger charge is 2.17. The number of halogens is 2. The molecule has 1 heterocycles. The molecule has 0 saturated carbocycles. The Hall–Kier alpha value is -1.96. The summed E-state index contributed by atoms with van der Waals surface area (Å²) in [6, 6.07) is 2.75. The zero-order chi connectivity index (χ0) is 13.3.